The van der Waals surface area contributed by atoms with Gasteiger partial charge in [-0.05, 0) is 63.8 Å². The number of nitrogens with one attached hydrogen (secondary N) is 1. The maximum absolute atomic E-state index is 13.6. The van der Waals surface area contributed by atoms with Crippen LogP contribution in [0.4, 0.5) is 5.69 Å². The summed E-state index contributed by atoms with van der Waals surface area (Å²) in [7, 11) is 0. The van der Waals surface area contributed by atoms with Crippen LogP contribution in [0.2, 0.25) is 0 Å². The van der Waals surface area contributed by atoms with Gasteiger partial charge in [0.15, 0.2) is 5.76 Å². The van der Waals surface area contributed by atoms with Crippen LogP contribution in [-0.4, -0.2) is 23.6 Å². The lowest BCUT2D eigenvalue weighted by molar-refractivity contribution is 0.0946. The Hall–Kier alpha value is -3.67. The summed E-state index contributed by atoms with van der Waals surface area (Å²) in [4.78, 5) is 28.0. The molecule has 6 heteroatoms. The van der Waals surface area contributed by atoms with Gasteiger partial charge in [0.05, 0.1) is 5.71 Å². The number of furan rings is 1. The Balaban J connectivity index is 1.44. The fraction of sp³-hybridized carbons (Fsp3) is 0.296. The number of carbonyl (C=O) groups is 2. The molecule has 1 N–H and O–H groups in total. The maximum Gasteiger partial charge on any atom is 0.294 e. The summed E-state index contributed by atoms with van der Waals surface area (Å²) in [5.74, 6) is 0.759. The molecule has 2 amide bonds. The molecule has 1 unspecified atom stereocenters. The summed E-state index contributed by atoms with van der Waals surface area (Å²) in [5.41, 5.74) is 8.79. The van der Waals surface area contributed by atoms with E-state index in [-0.39, 0.29) is 17.9 Å². The first kappa shape index (κ1) is 21.2. The van der Waals surface area contributed by atoms with Gasteiger partial charge in [0.2, 0.25) is 0 Å². The van der Waals surface area contributed by atoms with E-state index >= 15 is 0 Å². The number of hydrogen-bond acceptors (Lipinski definition) is 4. The fourth-order valence-corrected chi connectivity index (χ4v) is 4.94. The van der Waals surface area contributed by atoms with Crippen LogP contribution >= 0.6 is 0 Å². The lowest BCUT2D eigenvalue weighted by atomic mass is 9.93. The summed E-state index contributed by atoms with van der Waals surface area (Å²) >= 11 is 0. The third-order valence-corrected chi connectivity index (χ3v) is 6.52. The molecule has 33 heavy (non-hydrogen) atoms. The molecule has 0 bridgehead atoms. The lowest BCUT2D eigenvalue weighted by Gasteiger charge is -2.21. The molecule has 1 aliphatic carbocycles. The Labute approximate surface area is 193 Å². The molecule has 168 valence electrons. The van der Waals surface area contributed by atoms with Crippen molar-refractivity contribution in [3.8, 4) is 0 Å². The molecule has 6 nitrogen and oxygen atoms in total. The minimum Gasteiger partial charge on any atom is -0.455 e. The van der Waals surface area contributed by atoms with Crippen LogP contribution < -0.4 is 10.3 Å². The summed E-state index contributed by atoms with van der Waals surface area (Å²) in [6, 6.07) is 15.5. The number of anilines is 1. The van der Waals surface area contributed by atoms with Crippen LogP contribution in [0.1, 0.15) is 68.7 Å². The van der Waals surface area contributed by atoms with E-state index < -0.39 is 0 Å². The number of hydrogen-bond donors (Lipinski definition) is 1. The fourth-order valence-electron chi connectivity index (χ4n) is 4.94. The van der Waals surface area contributed by atoms with E-state index in [4.69, 9.17) is 4.42 Å². The SMILES string of the molecule is Cc1cccc(C(=O)N/N=C2\CCCc3oc(C(=O)N4c5ccccc5CC4C)c(C)c32)c1. The van der Waals surface area contributed by atoms with E-state index in [1.54, 1.807) is 6.07 Å². The number of aryl methyl sites for hydroxylation is 2. The summed E-state index contributed by atoms with van der Waals surface area (Å²) in [6.45, 7) is 5.91. The van der Waals surface area contributed by atoms with Crippen molar-refractivity contribution in [2.24, 2.45) is 5.10 Å². The van der Waals surface area contributed by atoms with Gasteiger partial charge in [0, 0.05) is 34.8 Å². The standard InChI is InChI=1S/C27H27N3O3/c1-16-8-6-10-20(14-16)26(31)29-28-21-11-7-13-23-24(21)18(3)25(33-23)27(32)30-17(2)15-19-9-4-5-12-22(19)30/h4-6,8-10,12,14,17H,7,11,13,15H2,1-3H3,(H,29,31)/b28-21+. The largest absolute Gasteiger partial charge is 0.455 e. The van der Waals surface area contributed by atoms with Crippen LogP contribution in [0.25, 0.3) is 0 Å². The monoisotopic (exact) mass is 441 g/mol. The second kappa shape index (κ2) is 8.35. The third-order valence-electron chi connectivity index (χ3n) is 6.52. The normalized spacial score (nSPS) is 18.2. The van der Waals surface area contributed by atoms with Crippen molar-refractivity contribution in [3.05, 3.63) is 87.9 Å². The highest BCUT2D eigenvalue weighted by atomic mass is 16.4. The topological polar surface area (TPSA) is 74.9 Å². The van der Waals surface area contributed by atoms with E-state index in [2.05, 4.69) is 23.5 Å². The first-order valence-electron chi connectivity index (χ1n) is 11.4. The average Bonchev–Trinajstić information content (AvgIpc) is 3.33. The number of carbonyl (C=O) groups excluding carboxylic acids is 2. The van der Waals surface area contributed by atoms with Gasteiger partial charge < -0.3 is 9.32 Å². The van der Waals surface area contributed by atoms with Crippen molar-refractivity contribution in [3.63, 3.8) is 0 Å². The van der Waals surface area contributed by atoms with Crippen LogP contribution in [0.5, 0.6) is 0 Å². The van der Waals surface area contributed by atoms with Crippen molar-refractivity contribution >= 4 is 23.2 Å². The van der Waals surface area contributed by atoms with Crippen LogP contribution in [0.3, 0.4) is 0 Å². The molecule has 1 aromatic heterocycles. The number of fused-ring (bicyclic) bond motifs is 2. The number of amides is 2. The molecule has 2 heterocycles. The van der Waals surface area contributed by atoms with Crippen molar-refractivity contribution in [1.29, 1.82) is 0 Å². The van der Waals surface area contributed by atoms with Crippen LogP contribution in [-0.2, 0) is 12.8 Å². The maximum atomic E-state index is 13.6. The molecule has 3 aromatic rings. The lowest BCUT2D eigenvalue weighted by Crippen LogP contribution is -2.35. The minimum absolute atomic E-state index is 0.0678. The van der Waals surface area contributed by atoms with Gasteiger partial charge in [-0.2, -0.15) is 5.10 Å². The van der Waals surface area contributed by atoms with Gasteiger partial charge in [-0.15, -0.1) is 0 Å². The predicted molar refractivity (Wildman–Crippen MR) is 128 cm³/mol. The Bertz CT molecular complexity index is 1290. The zero-order valence-corrected chi connectivity index (χ0v) is 19.1. The molecule has 0 fully saturated rings. The zero-order valence-electron chi connectivity index (χ0n) is 19.1. The molecule has 2 aliphatic rings. The molecule has 5 rings (SSSR count). The highest BCUT2D eigenvalue weighted by Gasteiger charge is 2.36. The molecule has 0 radical (unpaired) electrons. The van der Waals surface area contributed by atoms with Crippen LogP contribution in [0, 0.1) is 13.8 Å². The van der Waals surface area contributed by atoms with E-state index in [0.29, 0.717) is 11.3 Å². The van der Waals surface area contributed by atoms with Crippen LogP contribution in [0.15, 0.2) is 58.0 Å². The van der Waals surface area contributed by atoms with Crippen molar-refractivity contribution < 1.29 is 14.0 Å². The minimum atomic E-state index is -0.252. The average molecular weight is 442 g/mol. The number of rotatable bonds is 3. The highest BCUT2D eigenvalue weighted by Crippen LogP contribution is 2.36. The number of nitrogens with zero attached hydrogens (tertiary/aromatic N) is 2. The number of hydrazone groups is 1. The molecule has 0 saturated heterocycles. The quantitative estimate of drug-likeness (QED) is 0.584. The Morgan fingerprint density at radius 1 is 1.09 bits per heavy atom. The summed E-state index contributed by atoms with van der Waals surface area (Å²) in [6.07, 6.45) is 3.16. The molecule has 2 aromatic carbocycles. The van der Waals surface area contributed by atoms with Gasteiger partial charge in [-0.1, -0.05) is 35.9 Å². The number of benzene rings is 2. The Kier molecular flexibility index (Phi) is 5.36. The second-order valence-corrected chi connectivity index (χ2v) is 8.93. The molecule has 1 aliphatic heterocycles. The van der Waals surface area contributed by atoms with E-state index in [1.165, 1.54) is 5.56 Å². The Morgan fingerprint density at radius 3 is 2.73 bits per heavy atom. The summed E-state index contributed by atoms with van der Waals surface area (Å²) in [5, 5.41) is 4.44. The highest BCUT2D eigenvalue weighted by molar-refractivity contribution is 6.11. The molecular formula is C27H27N3O3. The summed E-state index contributed by atoms with van der Waals surface area (Å²) < 4.78 is 6.13. The second-order valence-electron chi connectivity index (χ2n) is 8.93. The zero-order chi connectivity index (χ0) is 23.1. The first-order chi connectivity index (χ1) is 15.9. The van der Waals surface area contributed by atoms with Crippen molar-refractivity contribution in [2.45, 2.75) is 52.5 Å². The Morgan fingerprint density at radius 2 is 1.91 bits per heavy atom. The first-order valence-corrected chi connectivity index (χ1v) is 11.4. The number of para-hydroxylation sites is 1. The molecule has 0 saturated carbocycles. The van der Waals surface area contributed by atoms with Crippen molar-refractivity contribution in [1.82, 2.24) is 5.43 Å². The van der Waals surface area contributed by atoms with Gasteiger partial charge >= 0.3 is 0 Å². The van der Waals surface area contributed by atoms with Gasteiger partial charge in [-0.3, -0.25) is 9.59 Å². The van der Waals surface area contributed by atoms with Gasteiger partial charge in [-0.25, -0.2) is 5.43 Å². The smallest absolute Gasteiger partial charge is 0.294 e. The van der Waals surface area contributed by atoms with Gasteiger partial charge in [0.1, 0.15) is 5.76 Å². The van der Waals surface area contributed by atoms with E-state index in [1.807, 2.05) is 55.1 Å². The molecule has 0 spiro atoms. The predicted octanol–water partition coefficient (Wildman–Crippen LogP) is 4.96. The third kappa shape index (κ3) is 3.75. The van der Waals surface area contributed by atoms with Crippen molar-refractivity contribution in [2.75, 3.05) is 4.90 Å². The van der Waals surface area contributed by atoms with E-state index in [9.17, 15) is 9.59 Å². The van der Waals surface area contributed by atoms with E-state index in [0.717, 1.165) is 59.5 Å². The molecular weight excluding hydrogens is 414 g/mol. The molecule has 1 atom stereocenters. The van der Waals surface area contributed by atoms with Gasteiger partial charge in [0.25, 0.3) is 11.8 Å².